The minimum atomic E-state index is -2.18. The van der Waals surface area contributed by atoms with Gasteiger partial charge in [-0.1, -0.05) is 0 Å². The molecule has 1 aliphatic rings. The van der Waals surface area contributed by atoms with E-state index in [1.54, 1.807) is 33.0 Å². The van der Waals surface area contributed by atoms with E-state index in [2.05, 4.69) is 15.3 Å². The lowest BCUT2D eigenvalue weighted by Gasteiger charge is -2.38. The third-order valence-corrected chi connectivity index (χ3v) is 4.28. The topological polar surface area (TPSA) is 143 Å². The van der Waals surface area contributed by atoms with Gasteiger partial charge in [0.2, 0.25) is 0 Å². The van der Waals surface area contributed by atoms with Gasteiger partial charge in [0.15, 0.2) is 23.2 Å². The molecule has 2 unspecified atom stereocenters. The van der Waals surface area contributed by atoms with Crippen LogP contribution < -0.4 is 4.90 Å². The molecule has 3 rings (SSSR count). The molecule has 30 heavy (non-hydrogen) atoms. The van der Waals surface area contributed by atoms with Gasteiger partial charge in [-0.2, -0.15) is 10.4 Å². The van der Waals surface area contributed by atoms with Crippen LogP contribution in [-0.4, -0.2) is 67.4 Å². The molecule has 158 valence electrons. The highest BCUT2D eigenvalue weighted by Gasteiger charge is 2.50. The monoisotopic (exact) mass is 414 g/mol. The number of nitrogens with zero attached hydrogens (tertiary/aromatic N) is 6. The number of hydrogen-bond acceptors (Lipinski definition) is 9. The molecule has 1 fully saturated rings. The Morgan fingerprint density at radius 2 is 2.13 bits per heavy atom. The summed E-state index contributed by atoms with van der Waals surface area (Å²) in [5, 5.41) is 31.4. The largest absolute Gasteiger partial charge is 0.458 e. The number of carbonyl (C=O) groups is 2. The number of anilines is 1. The first-order valence-electron chi connectivity index (χ1n) is 9.20. The van der Waals surface area contributed by atoms with Crippen molar-refractivity contribution in [1.82, 2.24) is 20.0 Å². The van der Waals surface area contributed by atoms with Gasteiger partial charge >= 0.3 is 5.97 Å². The number of aliphatic hydroxyl groups is 1. The van der Waals surface area contributed by atoms with E-state index in [0.717, 1.165) is 0 Å². The molecule has 2 aromatic rings. The Balaban J connectivity index is 1.83. The van der Waals surface area contributed by atoms with Gasteiger partial charge in [0.1, 0.15) is 11.7 Å². The second-order valence-electron chi connectivity index (χ2n) is 7.92. The van der Waals surface area contributed by atoms with Crippen molar-refractivity contribution in [1.29, 1.82) is 5.26 Å². The highest BCUT2D eigenvalue weighted by Crippen LogP contribution is 2.26. The number of morpholine rings is 1. The number of rotatable bonds is 4. The molecule has 1 saturated heterocycles. The van der Waals surface area contributed by atoms with E-state index in [-0.39, 0.29) is 18.8 Å². The van der Waals surface area contributed by atoms with Gasteiger partial charge < -0.3 is 14.6 Å². The van der Waals surface area contributed by atoms with E-state index in [0.29, 0.717) is 11.5 Å². The Kier molecular flexibility index (Phi) is 5.56. The molecule has 0 aromatic carbocycles. The van der Waals surface area contributed by atoms with Crippen LogP contribution in [-0.2, 0) is 19.1 Å². The summed E-state index contributed by atoms with van der Waals surface area (Å²) < 4.78 is 12.1. The summed E-state index contributed by atoms with van der Waals surface area (Å²) in [5.41, 5.74) is -2.40. The zero-order valence-electron chi connectivity index (χ0n) is 17.1. The lowest BCUT2D eigenvalue weighted by atomic mass is 9.96. The Bertz CT molecular complexity index is 1000. The average molecular weight is 414 g/mol. The Morgan fingerprint density at radius 1 is 1.40 bits per heavy atom. The predicted octanol–water partition coefficient (Wildman–Crippen LogP) is 0.358. The summed E-state index contributed by atoms with van der Waals surface area (Å²) in [5.74, 6) is -1.27. The van der Waals surface area contributed by atoms with Crippen molar-refractivity contribution in [3.8, 4) is 11.8 Å². The first-order valence-corrected chi connectivity index (χ1v) is 9.20. The van der Waals surface area contributed by atoms with Crippen molar-refractivity contribution in [2.45, 2.75) is 45.0 Å². The molecule has 1 aliphatic heterocycles. The summed E-state index contributed by atoms with van der Waals surface area (Å²) in [7, 11) is 0. The summed E-state index contributed by atoms with van der Waals surface area (Å²) in [6.07, 6.45) is 1.57. The maximum Gasteiger partial charge on any atom is 0.341 e. The fourth-order valence-corrected chi connectivity index (χ4v) is 2.84. The van der Waals surface area contributed by atoms with Crippen molar-refractivity contribution >= 4 is 17.7 Å². The molecule has 2 atom stereocenters. The first kappa shape index (κ1) is 21.4. The van der Waals surface area contributed by atoms with Crippen molar-refractivity contribution in [2.24, 2.45) is 0 Å². The number of nitriles is 1. The van der Waals surface area contributed by atoms with Crippen LogP contribution in [0.5, 0.6) is 0 Å². The van der Waals surface area contributed by atoms with Gasteiger partial charge in [-0.05, 0) is 27.7 Å². The maximum atomic E-state index is 13.0. The molecule has 0 radical (unpaired) electrons. The highest BCUT2D eigenvalue weighted by atomic mass is 16.6. The standard InChI is InChI=1S/C19H22N6O5/c1-18(2,3)30-17(27)19(4,28)15-16(26)24(7-8-29-15)14-5-6-25(23-14)13-9-12(10-20)22-21-11-13/h5-6,9,11,15,28H,7-8H2,1-4H3. The molecule has 0 aliphatic carbocycles. The van der Waals surface area contributed by atoms with E-state index in [1.807, 2.05) is 6.07 Å². The smallest absolute Gasteiger partial charge is 0.341 e. The summed E-state index contributed by atoms with van der Waals surface area (Å²) in [6.45, 7) is 6.46. The van der Waals surface area contributed by atoms with Crippen LogP contribution >= 0.6 is 0 Å². The molecular weight excluding hydrogens is 392 g/mol. The van der Waals surface area contributed by atoms with Gasteiger partial charge in [0, 0.05) is 18.3 Å². The van der Waals surface area contributed by atoms with Crippen molar-refractivity contribution in [3.63, 3.8) is 0 Å². The number of carbonyl (C=O) groups excluding carboxylic acids is 2. The van der Waals surface area contributed by atoms with E-state index in [4.69, 9.17) is 14.7 Å². The summed E-state index contributed by atoms with van der Waals surface area (Å²) >= 11 is 0. The molecule has 0 spiro atoms. The van der Waals surface area contributed by atoms with Crippen LogP contribution in [0.1, 0.15) is 33.4 Å². The van der Waals surface area contributed by atoms with Gasteiger partial charge in [-0.25, -0.2) is 9.48 Å². The van der Waals surface area contributed by atoms with Gasteiger partial charge in [-0.3, -0.25) is 9.69 Å². The second-order valence-corrected chi connectivity index (χ2v) is 7.92. The molecule has 11 nitrogen and oxygen atoms in total. The maximum absolute atomic E-state index is 13.0. The molecule has 1 N–H and O–H groups in total. The Hall–Kier alpha value is -3.36. The number of amides is 1. The van der Waals surface area contributed by atoms with Crippen LogP contribution in [0.2, 0.25) is 0 Å². The van der Waals surface area contributed by atoms with E-state index < -0.39 is 29.2 Å². The third-order valence-electron chi connectivity index (χ3n) is 4.28. The van der Waals surface area contributed by atoms with Crippen LogP contribution in [0.4, 0.5) is 5.82 Å². The third kappa shape index (κ3) is 4.29. The number of esters is 1. The van der Waals surface area contributed by atoms with E-state index in [1.165, 1.54) is 28.8 Å². The zero-order valence-corrected chi connectivity index (χ0v) is 17.1. The predicted molar refractivity (Wildman–Crippen MR) is 102 cm³/mol. The van der Waals surface area contributed by atoms with Crippen LogP contribution in [0.25, 0.3) is 5.69 Å². The number of aromatic nitrogens is 4. The Morgan fingerprint density at radius 3 is 2.80 bits per heavy atom. The van der Waals surface area contributed by atoms with Gasteiger partial charge in [-0.15, -0.1) is 10.2 Å². The first-order chi connectivity index (χ1) is 14.0. The summed E-state index contributed by atoms with van der Waals surface area (Å²) in [6, 6.07) is 4.99. The molecule has 11 heteroatoms. The Labute approximate surface area is 172 Å². The van der Waals surface area contributed by atoms with Crippen molar-refractivity contribution in [3.05, 3.63) is 30.2 Å². The second kappa shape index (κ2) is 7.81. The number of hydrogen-bond donors (Lipinski definition) is 1. The lowest BCUT2D eigenvalue weighted by Crippen LogP contribution is -2.61. The summed E-state index contributed by atoms with van der Waals surface area (Å²) in [4.78, 5) is 26.8. The molecule has 3 heterocycles. The highest BCUT2D eigenvalue weighted by molar-refractivity contribution is 6.01. The minimum absolute atomic E-state index is 0.0948. The molecular formula is C19H22N6O5. The molecule has 1 amide bonds. The normalized spacial score (nSPS) is 19.1. The number of ether oxygens (including phenoxy) is 2. The van der Waals surface area contributed by atoms with Gasteiger partial charge in [0.05, 0.1) is 25.0 Å². The molecule has 0 bridgehead atoms. The van der Waals surface area contributed by atoms with Crippen molar-refractivity contribution in [2.75, 3.05) is 18.1 Å². The SMILES string of the molecule is CC(C)(C)OC(=O)C(C)(O)C1OCCN(c2ccn(-c3cnnc(C#N)c3)n2)C1=O. The van der Waals surface area contributed by atoms with Crippen LogP contribution in [0.3, 0.4) is 0 Å². The van der Waals surface area contributed by atoms with Crippen LogP contribution in [0.15, 0.2) is 24.5 Å². The molecule has 0 saturated carbocycles. The van der Waals surface area contributed by atoms with Crippen LogP contribution in [0, 0.1) is 11.3 Å². The molecule has 2 aromatic heterocycles. The lowest BCUT2D eigenvalue weighted by molar-refractivity contribution is -0.194. The zero-order chi connectivity index (χ0) is 22.1. The quantitative estimate of drug-likeness (QED) is 0.701. The fourth-order valence-electron chi connectivity index (χ4n) is 2.84. The van der Waals surface area contributed by atoms with E-state index in [9.17, 15) is 14.7 Å². The van der Waals surface area contributed by atoms with Gasteiger partial charge in [0.25, 0.3) is 5.91 Å². The fraction of sp³-hybridized carbons (Fsp3) is 0.474. The van der Waals surface area contributed by atoms with E-state index >= 15 is 0 Å². The average Bonchev–Trinajstić information content (AvgIpc) is 3.16. The minimum Gasteiger partial charge on any atom is -0.458 e. The van der Waals surface area contributed by atoms with Crippen molar-refractivity contribution < 1.29 is 24.2 Å².